The van der Waals surface area contributed by atoms with Crippen molar-refractivity contribution in [3.8, 4) is 5.75 Å². The van der Waals surface area contributed by atoms with Crippen LogP contribution in [-0.4, -0.2) is 39.4 Å². The molecule has 168 valence electrons. The fourth-order valence-corrected chi connectivity index (χ4v) is 4.63. The van der Waals surface area contributed by atoms with Gasteiger partial charge in [-0.15, -0.1) is 0 Å². The smallest absolute Gasteiger partial charge is 0.264 e. The zero-order chi connectivity index (χ0) is 23.1. The van der Waals surface area contributed by atoms with Crippen LogP contribution in [-0.2, 0) is 21.4 Å². The molecule has 0 spiro atoms. The Kier molecular flexibility index (Phi) is 7.53. The average molecular weight is 453 g/mol. The second-order valence-corrected chi connectivity index (χ2v) is 9.35. The van der Waals surface area contributed by atoms with Crippen LogP contribution in [0.4, 0.5) is 5.69 Å². The van der Waals surface area contributed by atoms with Crippen LogP contribution < -0.4 is 9.04 Å². The minimum Gasteiger partial charge on any atom is -0.494 e. The Bertz CT molecular complexity index is 1130. The molecule has 0 heterocycles. The number of aryl methyl sites for hydroxylation is 1. The van der Waals surface area contributed by atoms with Gasteiger partial charge in [0.25, 0.3) is 10.0 Å². The van der Waals surface area contributed by atoms with Gasteiger partial charge in [-0.1, -0.05) is 48.0 Å². The van der Waals surface area contributed by atoms with Gasteiger partial charge in [0.15, 0.2) is 0 Å². The summed E-state index contributed by atoms with van der Waals surface area (Å²) in [5, 5.41) is 0. The Morgan fingerprint density at radius 3 is 2.12 bits per heavy atom. The van der Waals surface area contributed by atoms with Crippen LogP contribution in [0.2, 0.25) is 0 Å². The second kappa shape index (κ2) is 10.3. The van der Waals surface area contributed by atoms with E-state index in [1.54, 1.807) is 55.6 Å². The van der Waals surface area contributed by atoms with Crippen molar-refractivity contribution in [1.82, 2.24) is 4.90 Å². The Balaban J connectivity index is 1.91. The Morgan fingerprint density at radius 1 is 0.906 bits per heavy atom. The molecule has 0 bridgehead atoms. The van der Waals surface area contributed by atoms with Gasteiger partial charge in [0, 0.05) is 13.6 Å². The number of likely N-dealkylation sites (N-methyl/N-ethyl adjacent to an activating group) is 1. The first-order valence-corrected chi connectivity index (χ1v) is 11.9. The summed E-state index contributed by atoms with van der Waals surface area (Å²) in [5.74, 6) is 0.329. The van der Waals surface area contributed by atoms with Crippen LogP contribution in [0.5, 0.6) is 5.75 Å². The van der Waals surface area contributed by atoms with Crippen LogP contribution in [0, 0.1) is 6.92 Å². The lowest BCUT2D eigenvalue weighted by molar-refractivity contribution is -0.128. The molecule has 0 aliphatic rings. The molecule has 0 aliphatic carbocycles. The highest BCUT2D eigenvalue weighted by Crippen LogP contribution is 2.26. The molecule has 3 rings (SSSR count). The van der Waals surface area contributed by atoms with Crippen LogP contribution >= 0.6 is 0 Å². The Morgan fingerprint density at radius 2 is 1.53 bits per heavy atom. The van der Waals surface area contributed by atoms with E-state index in [2.05, 4.69) is 0 Å². The third kappa shape index (κ3) is 5.68. The summed E-state index contributed by atoms with van der Waals surface area (Å²) in [5.41, 5.74) is 2.32. The van der Waals surface area contributed by atoms with E-state index in [1.165, 1.54) is 4.90 Å². The fraction of sp³-hybridized carbons (Fsp3) is 0.240. The normalized spacial score (nSPS) is 11.1. The molecule has 3 aromatic carbocycles. The number of benzene rings is 3. The summed E-state index contributed by atoms with van der Waals surface area (Å²) in [7, 11) is -2.28. The highest BCUT2D eigenvalue weighted by atomic mass is 32.2. The van der Waals surface area contributed by atoms with E-state index in [1.807, 2.05) is 44.2 Å². The van der Waals surface area contributed by atoms with Crippen molar-refractivity contribution in [2.24, 2.45) is 0 Å². The van der Waals surface area contributed by atoms with Crippen LogP contribution in [0.1, 0.15) is 18.1 Å². The van der Waals surface area contributed by atoms with Gasteiger partial charge in [-0.2, -0.15) is 0 Å². The lowest BCUT2D eigenvalue weighted by atomic mass is 10.2. The maximum Gasteiger partial charge on any atom is 0.264 e. The van der Waals surface area contributed by atoms with Crippen molar-refractivity contribution < 1.29 is 17.9 Å². The lowest BCUT2D eigenvalue weighted by Gasteiger charge is -2.27. The summed E-state index contributed by atoms with van der Waals surface area (Å²) >= 11 is 0. The number of nitrogens with zero attached hydrogens (tertiary/aromatic N) is 2. The highest BCUT2D eigenvalue weighted by molar-refractivity contribution is 7.92. The molecule has 0 N–H and O–H groups in total. The summed E-state index contributed by atoms with van der Waals surface area (Å²) in [6.45, 7) is 4.36. The predicted octanol–water partition coefficient (Wildman–Crippen LogP) is 4.25. The average Bonchev–Trinajstić information content (AvgIpc) is 2.79. The first-order valence-electron chi connectivity index (χ1n) is 10.4. The number of carbonyl (C=O) groups excluding carboxylic acids is 1. The van der Waals surface area contributed by atoms with E-state index in [-0.39, 0.29) is 17.3 Å². The molecule has 0 atom stereocenters. The molecule has 3 aromatic rings. The molecule has 32 heavy (non-hydrogen) atoms. The van der Waals surface area contributed by atoms with Gasteiger partial charge in [-0.25, -0.2) is 8.42 Å². The fourth-order valence-electron chi connectivity index (χ4n) is 3.22. The topological polar surface area (TPSA) is 66.9 Å². The molecule has 0 fully saturated rings. The first kappa shape index (κ1) is 23.3. The Hall–Kier alpha value is -3.32. The predicted molar refractivity (Wildman–Crippen MR) is 126 cm³/mol. The highest BCUT2D eigenvalue weighted by Gasteiger charge is 2.28. The summed E-state index contributed by atoms with van der Waals surface area (Å²) in [6.07, 6.45) is 0. The zero-order valence-corrected chi connectivity index (χ0v) is 19.4. The van der Waals surface area contributed by atoms with Crippen molar-refractivity contribution in [1.29, 1.82) is 0 Å². The van der Waals surface area contributed by atoms with Gasteiger partial charge in [-0.05, 0) is 55.8 Å². The number of sulfonamides is 1. The van der Waals surface area contributed by atoms with Gasteiger partial charge in [0.2, 0.25) is 5.91 Å². The second-order valence-electron chi connectivity index (χ2n) is 7.49. The van der Waals surface area contributed by atoms with Crippen molar-refractivity contribution in [3.63, 3.8) is 0 Å². The van der Waals surface area contributed by atoms with E-state index in [9.17, 15) is 13.2 Å². The van der Waals surface area contributed by atoms with Gasteiger partial charge in [-0.3, -0.25) is 9.10 Å². The number of hydrogen-bond acceptors (Lipinski definition) is 4. The van der Waals surface area contributed by atoms with E-state index in [0.29, 0.717) is 24.6 Å². The van der Waals surface area contributed by atoms with Crippen LogP contribution in [0.15, 0.2) is 83.8 Å². The summed E-state index contributed by atoms with van der Waals surface area (Å²) in [6, 6.07) is 22.9. The molecule has 7 heteroatoms. The SMILES string of the molecule is CCOc1ccc(N(CC(=O)N(C)Cc2ccccc2)S(=O)(=O)c2ccc(C)cc2)cc1. The molecular weight excluding hydrogens is 424 g/mol. The van der Waals surface area contributed by atoms with Gasteiger partial charge in [0.1, 0.15) is 12.3 Å². The number of hydrogen-bond donors (Lipinski definition) is 0. The molecule has 0 radical (unpaired) electrons. The third-order valence-corrected chi connectivity index (χ3v) is 6.80. The largest absolute Gasteiger partial charge is 0.494 e. The van der Waals surface area contributed by atoms with Crippen LogP contribution in [0.25, 0.3) is 0 Å². The summed E-state index contributed by atoms with van der Waals surface area (Å²) in [4.78, 5) is 14.7. The van der Waals surface area contributed by atoms with Crippen molar-refractivity contribution in [2.75, 3.05) is 24.5 Å². The molecule has 0 saturated heterocycles. The monoisotopic (exact) mass is 452 g/mol. The molecule has 0 saturated carbocycles. The molecule has 1 amide bonds. The minimum atomic E-state index is -3.95. The molecule has 0 aliphatic heterocycles. The maximum absolute atomic E-state index is 13.5. The quantitative estimate of drug-likeness (QED) is 0.487. The molecule has 0 aromatic heterocycles. The Labute approximate surface area is 190 Å². The van der Waals surface area contributed by atoms with E-state index < -0.39 is 10.0 Å². The van der Waals surface area contributed by atoms with Crippen molar-refractivity contribution in [3.05, 3.63) is 90.0 Å². The number of anilines is 1. The summed E-state index contributed by atoms with van der Waals surface area (Å²) < 4.78 is 33.6. The van der Waals surface area contributed by atoms with E-state index in [0.717, 1.165) is 15.4 Å². The lowest BCUT2D eigenvalue weighted by Crippen LogP contribution is -2.41. The van der Waals surface area contributed by atoms with Gasteiger partial charge < -0.3 is 9.64 Å². The number of amides is 1. The molecular formula is C25H28N2O4S. The minimum absolute atomic E-state index is 0.135. The third-order valence-electron chi connectivity index (χ3n) is 5.01. The maximum atomic E-state index is 13.5. The molecule has 6 nitrogen and oxygen atoms in total. The number of carbonyl (C=O) groups is 1. The van der Waals surface area contributed by atoms with E-state index >= 15 is 0 Å². The van der Waals surface area contributed by atoms with Crippen LogP contribution in [0.3, 0.4) is 0 Å². The standard InChI is InChI=1S/C25H28N2O4S/c1-4-31-23-14-12-22(13-15-23)27(32(29,30)24-16-10-20(2)11-17-24)19-25(28)26(3)18-21-8-6-5-7-9-21/h5-17H,4,18-19H2,1-3H3. The number of rotatable bonds is 9. The van der Waals surface area contributed by atoms with E-state index in [4.69, 9.17) is 4.74 Å². The molecule has 0 unspecified atom stereocenters. The zero-order valence-electron chi connectivity index (χ0n) is 18.6. The first-order chi connectivity index (χ1) is 15.3. The van der Waals surface area contributed by atoms with Crippen molar-refractivity contribution >= 4 is 21.6 Å². The number of ether oxygens (including phenoxy) is 1. The van der Waals surface area contributed by atoms with Gasteiger partial charge >= 0.3 is 0 Å². The van der Waals surface area contributed by atoms with Crippen molar-refractivity contribution in [2.45, 2.75) is 25.3 Å². The van der Waals surface area contributed by atoms with Gasteiger partial charge in [0.05, 0.1) is 17.2 Å².